The zero-order valence-corrected chi connectivity index (χ0v) is 12.2. The minimum absolute atomic E-state index is 0.237. The quantitative estimate of drug-likeness (QED) is 0.909. The number of halogens is 2. The van der Waals surface area contributed by atoms with Crippen LogP contribution in [-0.2, 0) is 9.84 Å². The van der Waals surface area contributed by atoms with E-state index in [4.69, 9.17) is 0 Å². The number of hydrogen-bond donors (Lipinski definition) is 1. The van der Waals surface area contributed by atoms with Crippen LogP contribution in [0, 0.1) is 11.6 Å². The first-order chi connectivity index (χ1) is 9.44. The van der Waals surface area contributed by atoms with E-state index in [0.29, 0.717) is 31.4 Å². The van der Waals surface area contributed by atoms with Crippen LogP contribution in [0.5, 0.6) is 0 Å². The van der Waals surface area contributed by atoms with E-state index >= 15 is 0 Å². The SMILES string of the molecule is CCC(NCC1CCCS1(=O)=O)c1ccc(F)cc1F. The van der Waals surface area contributed by atoms with Gasteiger partial charge in [0, 0.05) is 24.2 Å². The van der Waals surface area contributed by atoms with Gasteiger partial charge in [-0.2, -0.15) is 0 Å². The van der Waals surface area contributed by atoms with Crippen LogP contribution in [-0.4, -0.2) is 26.0 Å². The van der Waals surface area contributed by atoms with E-state index in [1.165, 1.54) is 12.1 Å². The topological polar surface area (TPSA) is 46.2 Å². The standard InChI is InChI=1S/C14H19F2NO2S/c1-2-14(12-6-5-10(15)8-13(12)16)17-9-11-4-3-7-20(11,18)19/h5-6,8,11,14,17H,2-4,7,9H2,1H3. The van der Waals surface area contributed by atoms with E-state index in [1.807, 2.05) is 6.92 Å². The van der Waals surface area contributed by atoms with Gasteiger partial charge in [-0.15, -0.1) is 0 Å². The summed E-state index contributed by atoms with van der Waals surface area (Å²) in [6.45, 7) is 2.20. The molecule has 0 aromatic heterocycles. The minimum Gasteiger partial charge on any atom is -0.309 e. The second-order valence-electron chi connectivity index (χ2n) is 5.17. The van der Waals surface area contributed by atoms with Gasteiger partial charge in [-0.3, -0.25) is 0 Å². The fraction of sp³-hybridized carbons (Fsp3) is 0.571. The second kappa shape index (κ2) is 6.18. The Bertz CT molecular complexity index is 575. The van der Waals surface area contributed by atoms with E-state index in [1.54, 1.807) is 0 Å². The Kier molecular flexibility index (Phi) is 4.75. The van der Waals surface area contributed by atoms with Gasteiger partial charge < -0.3 is 5.32 Å². The number of benzene rings is 1. The molecule has 0 spiro atoms. The van der Waals surface area contributed by atoms with Gasteiger partial charge in [0.2, 0.25) is 0 Å². The first-order valence-electron chi connectivity index (χ1n) is 6.84. The molecule has 2 unspecified atom stereocenters. The zero-order chi connectivity index (χ0) is 14.8. The average Bonchev–Trinajstić information content (AvgIpc) is 2.71. The first-order valence-corrected chi connectivity index (χ1v) is 8.55. The molecule has 0 bridgehead atoms. The van der Waals surface area contributed by atoms with Crippen LogP contribution >= 0.6 is 0 Å². The van der Waals surface area contributed by atoms with Gasteiger partial charge in [0.25, 0.3) is 0 Å². The predicted molar refractivity (Wildman–Crippen MR) is 74.2 cm³/mol. The number of rotatable bonds is 5. The monoisotopic (exact) mass is 303 g/mol. The van der Waals surface area contributed by atoms with Gasteiger partial charge in [-0.25, -0.2) is 17.2 Å². The molecule has 1 aliphatic heterocycles. The predicted octanol–water partition coefficient (Wildman–Crippen LogP) is 2.58. The molecule has 0 radical (unpaired) electrons. The van der Waals surface area contributed by atoms with Crippen LogP contribution in [0.1, 0.15) is 37.8 Å². The van der Waals surface area contributed by atoms with E-state index in [-0.39, 0.29) is 17.0 Å². The molecular weight excluding hydrogens is 284 g/mol. The van der Waals surface area contributed by atoms with Gasteiger partial charge in [0.1, 0.15) is 11.6 Å². The van der Waals surface area contributed by atoms with Crippen molar-refractivity contribution in [3.05, 3.63) is 35.4 Å². The molecule has 6 heteroatoms. The van der Waals surface area contributed by atoms with Crippen molar-refractivity contribution < 1.29 is 17.2 Å². The fourth-order valence-electron chi connectivity index (χ4n) is 2.62. The molecule has 1 saturated heterocycles. The Morgan fingerprint density at radius 1 is 1.40 bits per heavy atom. The highest BCUT2D eigenvalue weighted by molar-refractivity contribution is 7.92. The van der Waals surface area contributed by atoms with Gasteiger partial charge >= 0.3 is 0 Å². The average molecular weight is 303 g/mol. The Morgan fingerprint density at radius 3 is 2.70 bits per heavy atom. The van der Waals surface area contributed by atoms with Crippen LogP contribution in [0.25, 0.3) is 0 Å². The molecule has 3 nitrogen and oxygen atoms in total. The maximum absolute atomic E-state index is 13.7. The molecule has 1 heterocycles. The lowest BCUT2D eigenvalue weighted by Gasteiger charge is -2.20. The molecular formula is C14H19F2NO2S. The van der Waals surface area contributed by atoms with Crippen molar-refractivity contribution in [2.45, 2.75) is 37.5 Å². The van der Waals surface area contributed by atoms with Crippen LogP contribution in [0.2, 0.25) is 0 Å². The summed E-state index contributed by atoms with van der Waals surface area (Å²) in [4.78, 5) is 0. The molecule has 1 fully saturated rings. The Labute approximate surface area is 118 Å². The summed E-state index contributed by atoms with van der Waals surface area (Å²) < 4.78 is 50.1. The Balaban J connectivity index is 2.06. The van der Waals surface area contributed by atoms with Crippen LogP contribution in [0.15, 0.2) is 18.2 Å². The van der Waals surface area contributed by atoms with E-state index in [9.17, 15) is 17.2 Å². The minimum atomic E-state index is -3.01. The number of hydrogen-bond acceptors (Lipinski definition) is 3. The molecule has 1 N–H and O–H groups in total. The first kappa shape index (κ1) is 15.4. The lowest BCUT2D eigenvalue weighted by molar-refractivity contribution is 0.475. The number of sulfone groups is 1. The van der Waals surface area contributed by atoms with Crippen LogP contribution in [0.3, 0.4) is 0 Å². The summed E-state index contributed by atoms with van der Waals surface area (Å²) in [7, 11) is -3.01. The molecule has 2 atom stereocenters. The van der Waals surface area contributed by atoms with Crippen molar-refractivity contribution in [2.75, 3.05) is 12.3 Å². The Morgan fingerprint density at radius 2 is 2.15 bits per heavy atom. The third-order valence-corrected chi connectivity index (χ3v) is 6.08. The number of nitrogens with one attached hydrogen (secondary N) is 1. The molecule has 1 aliphatic rings. The fourth-order valence-corrected chi connectivity index (χ4v) is 4.40. The molecule has 0 amide bonds. The zero-order valence-electron chi connectivity index (χ0n) is 11.4. The normalized spacial score (nSPS) is 22.9. The van der Waals surface area contributed by atoms with Crippen LogP contribution < -0.4 is 5.32 Å². The van der Waals surface area contributed by atoms with Gasteiger partial charge in [-0.1, -0.05) is 13.0 Å². The summed E-state index contributed by atoms with van der Waals surface area (Å²) >= 11 is 0. The van der Waals surface area contributed by atoms with Gasteiger partial charge in [0.15, 0.2) is 9.84 Å². The van der Waals surface area contributed by atoms with Crippen molar-refractivity contribution in [1.29, 1.82) is 0 Å². The third-order valence-electron chi connectivity index (χ3n) is 3.80. The highest BCUT2D eigenvalue weighted by Crippen LogP contribution is 2.23. The van der Waals surface area contributed by atoms with E-state index in [0.717, 1.165) is 6.07 Å². The molecule has 1 aromatic carbocycles. The smallest absolute Gasteiger partial charge is 0.154 e. The Hall–Kier alpha value is -1.01. The lowest BCUT2D eigenvalue weighted by Crippen LogP contribution is -2.33. The molecule has 112 valence electrons. The molecule has 0 saturated carbocycles. The lowest BCUT2D eigenvalue weighted by atomic mass is 10.0. The molecule has 0 aliphatic carbocycles. The summed E-state index contributed by atoms with van der Waals surface area (Å²) in [5.41, 5.74) is 0.379. The largest absolute Gasteiger partial charge is 0.309 e. The van der Waals surface area contributed by atoms with Crippen molar-refractivity contribution in [2.24, 2.45) is 0 Å². The highest BCUT2D eigenvalue weighted by Gasteiger charge is 2.31. The van der Waals surface area contributed by atoms with Gasteiger partial charge in [-0.05, 0) is 25.3 Å². The molecule has 2 rings (SSSR count). The molecule has 1 aromatic rings. The van der Waals surface area contributed by atoms with E-state index < -0.39 is 21.5 Å². The van der Waals surface area contributed by atoms with Crippen molar-refractivity contribution in [1.82, 2.24) is 5.32 Å². The maximum Gasteiger partial charge on any atom is 0.154 e. The van der Waals surface area contributed by atoms with Gasteiger partial charge in [0.05, 0.1) is 11.0 Å². The maximum atomic E-state index is 13.7. The summed E-state index contributed by atoms with van der Waals surface area (Å²) in [6.07, 6.45) is 1.95. The summed E-state index contributed by atoms with van der Waals surface area (Å²) in [6, 6.07) is 3.18. The van der Waals surface area contributed by atoms with E-state index in [2.05, 4.69) is 5.32 Å². The third kappa shape index (κ3) is 3.35. The molecule has 20 heavy (non-hydrogen) atoms. The second-order valence-corrected chi connectivity index (χ2v) is 7.57. The van der Waals surface area contributed by atoms with Crippen molar-refractivity contribution >= 4 is 9.84 Å². The van der Waals surface area contributed by atoms with Crippen molar-refractivity contribution in [3.63, 3.8) is 0 Å². The van der Waals surface area contributed by atoms with Crippen molar-refractivity contribution in [3.8, 4) is 0 Å². The summed E-state index contributed by atoms with van der Waals surface area (Å²) in [5.74, 6) is -0.973. The highest BCUT2D eigenvalue weighted by atomic mass is 32.2. The summed E-state index contributed by atoms with van der Waals surface area (Å²) in [5, 5.41) is 2.71. The van der Waals surface area contributed by atoms with Crippen LogP contribution in [0.4, 0.5) is 8.78 Å².